The van der Waals surface area contributed by atoms with Gasteiger partial charge in [-0.2, -0.15) is 0 Å². The molecule has 3 atom stereocenters. The summed E-state index contributed by atoms with van der Waals surface area (Å²) in [6, 6.07) is 3.14. The van der Waals surface area contributed by atoms with Crippen molar-refractivity contribution in [2.75, 3.05) is 0 Å². The Bertz CT molecular complexity index is 522. The summed E-state index contributed by atoms with van der Waals surface area (Å²) in [4.78, 5) is 26.5. The SMILES string of the molecule is CC(CCc1ccco1)N1C(=O)C(C2CC2)NC(=O)C1C. The molecule has 3 rings (SSSR count). The highest BCUT2D eigenvalue weighted by atomic mass is 16.3. The predicted octanol–water partition coefficient (Wildman–Crippen LogP) is 1.73. The molecule has 2 heterocycles. The quantitative estimate of drug-likeness (QED) is 0.898. The zero-order valence-electron chi connectivity index (χ0n) is 12.5. The van der Waals surface area contributed by atoms with E-state index in [1.54, 1.807) is 18.1 Å². The number of carbonyl (C=O) groups is 2. The van der Waals surface area contributed by atoms with Gasteiger partial charge in [-0.25, -0.2) is 0 Å². The molecule has 1 aromatic heterocycles. The monoisotopic (exact) mass is 290 g/mol. The van der Waals surface area contributed by atoms with E-state index < -0.39 is 0 Å². The summed E-state index contributed by atoms with van der Waals surface area (Å²) in [5.41, 5.74) is 0. The number of amides is 2. The average Bonchev–Trinajstić information content (AvgIpc) is 3.16. The standard InChI is InChI=1S/C16H22N2O3/c1-10(5-8-13-4-3-9-21-13)18-11(2)15(19)17-14(16(18)20)12-6-7-12/h3-4,9-12,14H,5-8H2,1-2H3,(H,17,19). The summed E-state index contributed by atoms with van der Waals surface area (Å²) in [6.07, 6.45) is 5.32. The van der Waals surface area contributed by atoms with Crippen molar-refractivity contribution in [2.45, 2.75) is 57.7 Å². The third kappa shape index (κ3) is 2.82. The van der Waals surface area contributed by atoms with Crippen LogP contribution in [-0.2, 0) is 16.0 Å². The number of hydrogen-bond acceptors (Lipinski definition) is 3. The van der Waals surface area contributed by atoms with Crippen molar-refractivity contribution < 1.29 is 14.0 Å². The maximum absolute atomic E-state index is 12.7. The minimum absolute atomic E-state index is 0.0312. The first-order chi connectivity index (χ1) is 10.1. The van der Waals surface area contributed by atoms with E-state index in [-0.39, 0.29) is 29.9 Å². The van der Waals surface area contributed by atoms with Gasteiger partial charge >= 0.3 is 0 Å². The maximum atomic E-state index is 12.7. The Hall–Kier alpha value is -1.78. The second-order valence-electron chi connectivity index (χ2n) is 6.21. The molecule has 5 nitrogen and oxygen atoms in total. The van der Waals surface area contributed by atoms with Gasteiger partial charge in [0.25, 0.3) is 0 Å². The van der Waals surface area contributed by atoms with Gasteiger partial charge in [0, 0.05) is 12.5 Å². The number of hydrogen-bond donors (Lipinski definition) is 1. The fourth-order valence-electron chi connectivity index (χ4n) is 3.11. The summed E-state index contributed by atoms with van der Waals surface area (Å²) < 4.78 is 5.33. The van der Waals surface area contributed by atoms with Gasteiger partial charge in [0.2, 0.25) is 11.8 Å². The third-order valence-corrected chi connectivity index (χ3v) is 4.57. The lowest BCUT2D eigenvalue weighted by atomic mass is 10.00. The normalized spacial score (nSPS) is 27.6. The van der Waals surface area contributed by atoms with Gasteiger partial charge in [-0.15, -0.1) is 0 Å². The van der Waals surface area contributed by atoms with Crippen molar-refractivity contribution in [1.29, 1.82) is 0 Å². The van der Waals surface area contributed by atoms with E-state index in [0.717, 1.165) is 31.4 Å². The summed E-state index contributed by atoms with van der Waals surface area (Å²) in [5, 5.41) is 2.88. The van der Waals surface area contributed by atoms with Crippen LogP contribution in [0.25, 0.3) is 0 Å². The summed E-state index contributed by atoms with van der Waals surface area (Å²) in [5.74, 6) is 1.31. The zero-order valence-corrected chi connectivity index (χ0v) is 12.5. The Kier molecular flexibility index (Phi) is 3.74. The van der Waals surface area contributed by atoms with Crippen LogP contribution < -0.4 is 5.32 Å². The highest BCUT2D eigenvalue weighted by Crippen LogP contribution is 2.35. The number of aryl methyl sites for hydroxylation is 1. The van der Waals surface area contributed by atoms with Gasteiger partial charge in [0.05, 0.1) is 6.26 Å². The van der Waals surface area contributed by atoms with Crippen LogP contribution in [-0.4, -0.2) is 34.8 Å². The molecule has 2 aliphatic rings. The van der Waals surface area contributed by atoms with Gasteiger partial charge in [-0.05, 0) is 51.2 Å². The van der Waals surface area contributed by atoms with Crippen molar-refractivity contribution >= 4 is 11.8 Å². The molecule has 1 N–H and O–H groups in total. The zero-order chi connectivity index (χ0) is 15.0. The molecule has 1 saturated heterocycles. The molecule has 1 aliphatic carbocycles. The molecule has 2 fully saturated rings. The van der Waals surface area contributed by atoms with Crippen molar-refractivity contribution in [3.8, 4) is 0 Å². The average molecular weight is 290 g/mol. The molecule has 0 aromatic carbocycles. The van der Waals surface area contributed by atoms with Crippen molar-refractivity contribution in [2.24, 2.45) is 5.92 Å². The van der Waals surface area contributed by atoms with Crippen molar-refractivity contribution in [3.05, 3.63) is 24.2 Å². The van der Waals surface area contributed by atoms with Crippen LogP contribution in [0.4, 0.5) is 0 Å². The molecule has 2 amide bonds. The summed E-state index contributed by atoms with van der Waals surface area (Å²) >= 11 is 0. The Labute approximate surface area is 124 Å². The van der Waals surface area contributed by atoms with Crippen LogP contribution in [0.2, 0.25) is 0 Å². The molecular weight excluding hydrogens is 268 g/mol. The lowest BCUT2D eigenvalue weighted by molar-refractivity contribution is -0.151. The van der Waals surface area contributed by atoms with Gasteiger partial charge in [0.1, 0.15) is 17.8 Å². The van der Waals surface area contributed by atoms with E-state index in [4.69, 9.17) is 4.42 Å². The Balaban J connectivity index is 1.67. The van der Waals surface area contributed by atoms with Crippen LogP contribution >= 0.6 is 0 Å². The van der Waals surface area contributed by atoms with E-state index in [1.807, 2.05) is 19.1 Å². The van der Waals surface area contributed by atoms with Crippen LogP contribution in [0.5, 0.6) is 0 Å². The van der Waals surface area contributed by atoms with E-state index in [1.165, 1.54) is 0 Å². The lowest BCUT2D eigenvalue weighted by Gasteiger charge is -2.41. The van der Waals surface area contributed by atoms with Gasteiger partial charge in [0.15, 0.2) is 0 Å². The fraction of sp³-hybridized carbons (Fsp3) is 0.625. The molecule has 1 aliphatic heterocycles. The first-order valence-electron chi connectivity index (χ1n) is 7.73. The maximum Gasteiger partial charge on any atom is 0.246 e. The van der Waals surface area contributed by atoms with E-state index in [2.05, 4.69) is 5.32 Å². The summed E-state index contributed by atoms with van der Waals surface area (Å²) in [7, 11) is 0. The highest BCUT2D eigenvalue weighted by molar-refractivity contribution is 5.97. The predicted molar refractivity (Wildman–Crippen MR) is 77.5 cm³/mol. The number of nitrogens with one attached hydrogen (secondary N) is 1. The highest BCUT2D eigenvalue weighted by Gasteiger charge is 2.46. The molecule has 0 bridgehead atoms. The van der Waals surface area contributed by atoms with Gasteiger partial charge in [-0.3, -0.25) is 9.59 Å². The molecular formula is C16H22N2O3. The van der Waals surface area contributed by atoms with Gasteiger partial charge < -0.3 is 14.6 Å². The second-order valence-corrected chi connectivity index (χ2v) is 6.21. The van der Waals surface area contributed by atoms with E-state index in [9.17, 15) is 9.59 Å². The molecule has 21 heavy (non-hydrogen) atoms. The van der Waals surface area contributed by atoms with Crippen LogP contribution in [0.15, 0.2) is 22.8 Å². The molecule has 0 radical (unpaired) electrons. The minimum Gasteiger partial charge on any atom is -0.469 e. The minimum atomic E-state index is -0.390. The fourth-order valence-corrected chi connectivity index (χ4v) is 3.11. The third-order valence-electron chi connectivity index (χ3n) is 4.57. The van der Waals surface area contributed by atoms with Crippen LogP contribution in [0.1, 0.15) is 38.9 Å². The molecule has 3 unspecified atom stereocenters. The smallest absolute Gasteiger partial charge is 0.246 e. The largest absolute Gasteiger partial charge is 0.469 e. The molecule has 114 valence electrons. The van der Waals surface area contributed by atoms with E-state index in [0.29, 0.717) is 5.92 Å². The first-order valence-corrected chi connectivity index (χ1v) is 7.73. The second kappa shape index (κ2) is 5.54. The Morgan fingerprint density at radius 3 is 2.81 bits per heavy atom. The number of rotatable bonds is 5. The number of nitrogens with zero attached hydrogens (tertiary/aromatic N) is 1. The summed E-state index contributed by atoms with van der Waals surface area (Å²) in [6.45, 7) is 3.82. The van der Waals surface area contributed by atoms with Gasteiger partial charge in [-0.1, -0.05) is 0 Å². The molecule has 1 saturated carbocycles. The number of furan rings is 1. The van der Waals surface area contributed by atoms with Crippen molar-refractivity contribution in [3.63, 3.8) is 0 Å². The number of piperazine rings is 1. The van der Waals surface area contributed by atoms with E-state index >= 15 is 0 Å². The first kappa shape index (κ1) is 14.2. The Morgan fingerprint density at radius 2 is 2.19 bits per heavy atom. The molecule has 5 heteroatoms. The van der Waals surface area contributed by atoms with Crippen molar-refractivity contribution in [1.82, 2.24) is 10.2 Å². The topological polar surface area (TPSA) is 62.6 Å². The lowest BCUT2D eigenvalue weighted by Crippen LogP contribution is -2.65. The molecule has 1 aromatic rings. The van der Waals surface area contributed by atoms with Crippen LogP contribution in [0, 0.1) is 5.92 Å². The molecule has 0 spiro atoms. The van der Waals surface area contributed by atoms with Crippen LogP contribution in [0.3, 0.4) is 0 Å². The number of carbonyl (C=O) groups excluding carboxylic acids is 2. The Morgan fingerprint density at radius 1 is 1.43 bits per heavy atom.